The predicted octanol–water partition coefficient (Wildman–Crippen LogP) is 4.74. The number of sulfonamides is 1. The lowest BCUT2D eigenvalue weighted by atomic mass is 9.65. The lowest BCUT2D eigenvalue weighted by Gasteiger charge is -2.39. The van der Waals surface area contributed by atoms with E-state index < -0.39 is 10.0 Å². The first kappa shape index (κ1) is 17.3. The first-order valence-corrected chi connectivity index (χ1v) is 10.7. The van der Waals surface area contributed by atoms with Crippen LogP contribution < -0.4 is 5.14 Å². The standard InChI is InChI=1S/C22H23NO2S/c23-26(24,25)21-10-6-9-19(16-21)22(13-4-1-5-14-22)20-12-11-17-7-2-3-8-18(17)15-20/h2-3,6-12,15-16H,1,4-5,13-14H2,(H2,23,24,25). The van der Waals surface area contributed by atoms with Crippen molar-refractivity contribution in [3.05, 3.63) is 77.9 Å². The average Bonchev–Trinajstić information content (AvgIpc) is 2.67. The van der Waals surface area contributed by atoms with Gasteiger partial charge >= 0.3 is 0 Å². The van der Waals surface area contributed by atoms with Gasteiger partial charge in [-0.2, -0.15) is 0 Å². The summed E-state index contributed by atoms with van der Waals surface area (Å²) in [6.45, 7) is 0. The Morgan fingerprint density at radius 3 is 2.15 bits per heavy atom. The van der Waals surface area contributed by atoms with Crippen LogP contribution in [0.5, 0.6) is 0 Å². The highest BCUT2D eigenvalue weighted by molar-refractivity contribution is 7.89. The van der Waals surface area contributed by atoms with E-state index in [0.29, 0.717) is 0 Å². The third kappa shape index (κ3) is 3.04. The minimum absolute atomic E-state index is 0.150. The number of rotatable bonds is 3. The molecule has 1 aliphatic carbocycles. The molecule has 0 aliphatic heterocycles. The summed E-state index contributed by atoms with van der Waals surface area (Å²) in [6, 6.07) is 22.2. The fraction of sp³-hybridized carbons (Fsp3) is 0.273. The Labute approximate surface area is 154 Å². The van der Waals surface area contributed by atoms with E-state index >= 15 is 0 Å². The average molecular weight is 365 g/mol. The molecule has 2 N–H and O–H groups in total. The molecule has 1 aliphatic rings. The van der Waals surface area contributed by atoms with Crippen LogP contribution in [-0.4, -0.2) is 8.42 Å². The number of primary sulfonamides is 1. The number of nitrogens with two attached hydrogens (primary N) is 1. The molecule has 0 aromatic heterocycles. The zero-order valence-corrected chi connectivity index (χ0v) is 15.5. The molecule has 3 nitrogen and oxygen atoms in total. The Morgan fingerprint density at radius 2 is 1.42 bits per heavy atom. The van der Waals surface area contributed by atoms with Crippen molar-refractivity contribution >= 4 is 20.8 Å². The second kappa shape index (κ2) is 6.53. The van der Waals surface area contributed by atoms with Gasteiger partial charge in [0.1, 0.15) is 0 Å². The van der Waals surface area contributed by atoms with Crippen LogP contribution >= 0.6 is 0 Å². The lowest BCUT2D eigenvalue weighted by Crippen LogP contribution is -2.30. The van der Waals surface area contributed by atoms with Gasteiger partial charge in [-0.15, -0.1) is 0 Å². The van der Waals surface area contributed by atoms with Crippen LogP contribution in [0.25, 0.3) is 10.8 Å². The van der Waals surface area contributed by atoms with Gasteiger partial charge in [-0.25, -0.2) is 13.6 Å². The van der Waals surface area contributed by atoms with Gasteiger partial charge in [0.05, 0.1) is 4.90 Å². The molecule has 4 rings (SSSR count). The largest absolute Gasteiger partial charge is 0.238 e. The van der Waals surface area contributed by atoms with Crippen molar-refractivity contribution in [2.75, 3.05) is 0 Å². The Bertz CT molecular complexity index is 1050. The number of benzene rings is 3. The SMILES string of the molecule is NS(=O)(=O)c1cccc(C2(c3ccc4ccccc4c3)CCCCC2)c1. The van der Waals surface area contributed by atoms with Crippen LogP contribution in [0.1, 0.15) is 43.2 Å². The van der Waals surface area contributed by atoms with Gasteiger partial charge in [0, 0.05) is 5.41 Å². The maximum absolute atomic E-state index is 11.9. The quantitative estimate of drug-likeness (QED) is 0.729. The summed E-state index contributed by atoms with van der Waals surface area (Å²) in [7, 11) is -3.71. The normalized spacial score (nSPS) is 17.3. The van der Waals surface area contributed by atoms with Gasteiger partial charge in [0.25, 0.3) is 0 Å². The third-order valence-electron chi connectivity index (χ3n) is 5.72. The minimum Gasteiger partial charge on any atom is -0.225 e. The molecule has 0 unspecified atom stereocenters. The van der Waals surface area contributed by atoms with E-state index in [0.717, 1.165) is 31.2 Å². The van der Waals surface area contributed by atoms with E-state index in [2.05, 4.69) is 42.5 Å². The van der Waals surface area contributed by atoms with Crippen LogP contribution in [0.3, 0.4) is 0 Å². The molecule has 3 aromatic carbocycles. The first-order valence-electron chi connectivity index (χ1n) is 9.12. The highest BCUT2D eigenvalue weighted by Gasteiger charge is 2.36. The number of fused-ring (bicyclic) bond motifs is 1. The Kier molecular flexibility index (Phi) is 4.33. The van der Waals surface area contributed by atoms with E-state index in [1.165, 1.54) is 22.8 Å². The molecule has 1 saturated carbocycles. The molecule has 0 radical (unpaired) electrons. The lowest BCUT2D eigenvalue weighted by molar-refractivity contribution is 0.346. The van der Waals surface area contributed by atoms with Crippen molar-refractivity contribution in [1.82, 2.24) is 0 Å². The molecule has 0 bridgehead atoms. The summed E-state index contributed by atoms with van der Waals surface area (Å²) in [6.07, 6.45) is 5.57. The first-order chi connectivity index (χ1) is 12.5. The highest BCUT2D eigenvalue weighted by atomic mass is 32.2. The van der Waals surface area contributed by atoms with Gasteiger partial charge in [-0.05, 0) is 46.9 Å². The van der Waals surface area contributed by atoms with E-state index in [1.807, 2.05) is 12.1 Å². The van der Waals surface area contributed by atoms with Crippen molar-refractivity contribution in [2.24, 2.45) is 5.14 Å². The van der Waals surface area contributed by atoms with E-state index in [-0.39, 0.29) is 10.3 Å². The summed E-state index contributed by atoms with van der Waals surface area (Å²) in [4.78, 5) is 0.195. The molecule has 0 heterocycles. The molecule has 0 amide bonds. The second-order valence-corrected chi connectivity index (χ2v) is 8.84. The van der Waals surface area contributed by atoms with E-state index in [9.17, 15) is 8.42 Å². The zero-order chi connectivity index (χ0) is 18.2. The fourth-order valence-corrected chi connectivity index (χ4v) is 4.92. The molecule has 3 aromatic rings. The van der Waals surface area contributed by atoms with Gasteiger partial charge < -0.3 is 0 Å². The zero-order valence-electron chi connectivity index (χ0n) is 14.7. The minimum atomic E-state index is -3.71. The topological polar surface area (TPSA) is 60.2 Å². The molecule has 0 spiro atoms. The summed E-state index contributed by atoms with van der Waals surface area (Å²) in [5.41, 5.74) is 2.17. The van der Waals surface area contributed by atoms with Gasteiger partial charge in [-0.3, -0.25) is 0 Å². The Balaban J connectivity index is 1.91. The van der Waals surface area contributed by atoms with E-state index in [1.54, 1.807) is 12.1 Å². The smallest absolute Gasteiger partial charge is 0.225 e. The van der Waals surface area contributed by atoms with Crippen molar-refractivity contribution in [3.8, 4) is 0 Å². The van der Waals surface area contributed by atoms with Crippen LogP contribution in [0.15, 0.2) is 71.6 Å². The van der Waals surface area contributed by atoms with Crippen molar-refractivity contribution in [1.29, 1.82) is 0 Å². The summed E-state index contributed by atoms with van der Waals surface area (Å²) < 4.78 is 23.7. The monoisotopic (exact) mass is 365 g/mol. The fourth-order valence-electron chi connectivity index (χ4n) is 4.36. The molecule has 1 fully saturated rings. The summed E-state index contributed by atoms with van der Waals surface area (Å²) >= 11 is 0. The third-order valence-corrected chi connectivity index (χ3v) is 6.64. The maximum Gasteiger partial charge on any atom is 0.238 e. The van der Waals surface area contributed by atoms with Crippen molar-refractivity contribution in [3.63, 3.8) is 0 Å². The van der Waals surface area contributed by atoms with Gasteiger partial charge in [0.15, 0.2) is 0 Å². The maximum atomic E-state index is 11.9. The number of hydrogen-bond donors (Lipinski definition) is 1. The molecule has 134 valence electrons. The van der Waals surface area contributed by atoms with Crippen LogP contribution in [0.4, 0.5) is 0 Å². The van der Waals surface area contributed by atoms with Crippen LogP contribution in [0, 0.1) is 0 Å². The van der Waals surface area contributed by atoms with Crippen molar-refractivity contribution < 1.29 is 8.42 Å². The molecule has 0 saturated heterocycles. The summed E-state index contributed by atoms with van der Waals surface area (Å²) in [5, 5.41) is 7.83. The molecule has 4 heteroatoms. The molecular weight excluding hydrogens is 342 g/mol. The van der Waals surface area contributed by atoms with Crippen LogP contribution in [-0.2, 0) is 15.4 Å². The van der Waals surface area contributed by atoms with Crippen molar-refractivity contribution in [2.45, 2.75) is 42.4 Å². The number of hydrogen-bond acceptors (Lipinski definition) is 2. The molecular formula is C22H23NO2S. The van der Waals surface area contributed by atoms with Gasteiger partial charge in [0.2, 0.25) is 10.0 Å². The molecule has 0 atom stereocenters. The predicted molar refractivity (Wildman–Crippen MR) is 106 cm³/mol. The molecule has 26 heavy (non-hydrogen) atoms. The highest BCUT2D eigenvalue weighted by Crippen LogP contribution is 2.45. The van der Waals surface area contributed by atoms with E-state index in [4.69, 9.17) is 5.14 Å². The van der Waals surface area contributed by atoms with Gasteiger partial charge in [-0.1, -0.05) is 73.9 Å². The summed E-state index contributed by atoms with van der Waals surface area (Å²) in [5.74, 6) is 0. The Hall–Kier alpha value is -2.17. The second-order valence-electron chi connectivity index (χ2n) is 7.28. The van der Waals surface area contributed by atoms with Crippen LogP contribution in [0.2, 0.25) is 0 Å². The Morgan fingerprint density at radius 1 is 0.731 bits per heavy atom.